The molecule has 0 aliphatic heterocycles. The van der Waals surface area contributed by atoms with Gasteiger partial charge in [0, 0.05) is 6.20 Å². The van der Waals surface area contributed by atoms with Gasteiger partial charge in [0.2, 0.25) is 0 Å². The maximum Gasteiger partial charge on any atom is 0.380 e. The molecular formula is C17H22N4O3S. The predicted molar refractivity (Wildman–Crippen MR) is 99.5 cm³/mol. The van der Waals surface area contributed by atoms with Crippen molar-refractivity contribution in [2.24, 2.45) is 16.7 Å². The van der Waals surface area contributed by atoms with E-state index < -0.39 is 10.3 Å². The summed E-state index contributed by atoms with van der Waals surface area (Å²) < 4.78 is 26.4. The number of hydrazine groups is 1. The van der Waals surface area contributed by atoms with E-state index in [1.807, 2.05) is 24.3 Å². The van der Waals surface area contributed by atoms with Crippen LogP contribution < -0.4 is 25.9 Å². The molecule has 134 valence electrons. The van der Waals surface area contributed by atoms with Gasteiger partial charge in [0.25, 0.3) is 0 Å². The summed E-state index contributed by atoms with van der Waals surface area (Å²) in [6.07, 6.45) is 1.59. The largest absolute Gasteiger partial charge is 0.397 e. The Bertz CT molecular complexity index is 862. The van der Waals surface area contributed by atoms with Gasteiger partial charge in [-0.05, 0) is 53.4 Å². The molecule has 2 aromatic rings. The van der Waals surface area contributed by atoms with Crippen molar-refractivity contribution in [3.63, 3.8) is 0 Å². The first kappa shape index (κ1) is 18.8. The lowest BCUT2D eigenvalue weighted by molar-refractivity contribution is 0.488. The monoisotopic (exact) mass is 362 g/mol. The molecule has 2 aromatic carbocycles. The summed E-state index contributed by atoms with van der Waals surface area (Å²) in [6.45, 7) is 4.21. The molecule has 6 N–H and O–H groups in total. The van der Waals surface area contributed by atoms with Crippen LogP contribution in [0.1, 0.15) is 30.9 Å². The number of rotatable bonds is 6. The molecule has 0 fully saturated rings. The van der Waals surface area contributed by atoms with Crippen LogP contribution in [0.3, 0.4) is 0 Å². The molecule has 0 bridgehead atoms. The van der Waals surface area contributed by atoms with Crippen LogP contribution in [0.25, 0.3) is 5.70 Å². The van der Waals surface area contributed by atoms with E-state index in [0.29, 0.717) is 17.2 Å². The van der Waals surface area contributed by atoms with Crippen molar-refractivity contribution < 1.29 is 12.6 Å². The molecule has 0 aliphatic rings. The number of nitrogens with zero attached hydrogens (tertiary/aromatic N) is 1. The van der Waals surface area contributed by atoms with Gasteiger partial charge in [-0.3, -0.25) is 5.01 Å². The Balaban J connectivity index is 2.18. The first-order chi connectivity index (χ1) is 11.7. The van der Waals surface area contributed by atoms with Gasteiger partial charge < -0.3 is 9.92 Å². The van der Waals surface area contributed by atoms with E-state index in [4.69, 9.17) is 16.7 Å². The van der Waals surface area contributed by atoms with Gasteiger partial charge in [-0.15, -0.1) is 0 Å². The van der Waals surface area contributed by atoms with Crippen molar-refractivity contribution >= 4 is 21.7 Å². The molecule has 25 heavy (non-hydrogen) atoms. The topological polar surface area (TPSA) is 125 Å². The fourth-order valence-corrected chi connectivity index (χ4v) is 2.56. The number of hydrogen-bond acceptors (Lipinski definition) is 6. The molecule has 0 aliphatic carbocycles. The zero-order chi connectivity index (χ0) is 18.6. The summed E-state index contributed by atoms with van der Waals surface area (Å²) in [5, 5.41) is 6.26. The third kappa shape index (κ3) is 5.49. The number of benzene rings is 2. The van der Waals surface area contributed by atoms with Crippen LogP contribution in [0.15, 0.2) is 54.7 Å². The molecule has 0 unspecified atom stereocenters. The van der Waals surface area contributed by atoms with E-state index in [1.54, 1.807) is 18.3 Å². The minimum Gasteiger partial charge on any atom is -0.397 e. The van der Waals surface area contributed by atoms with Gasteiger partial charge in [-0.1, -0.05) is 26.0 Å². The minimum absolute atomic E-state index is 0.105. The van der Waals surface area contributed by atoms with Gasteiger partial charge in [0.1, 0.15) is 5.75 Å². The quantitative estimate of drug-likeness (QED) is 0.533. The predicted octanol–water partition coefficient (Wildman–Crippen LogP) is 2.03. The second-order valence-corrected chi connectivity index (χ2v) is 6.99. The summed E-state index contributed by atoms with van der Waals surface area (Å²) in [7, 11) is -4.05. The first-order valence-electron chi connectivity index (χ1n) is 7.59. The molecule has 2 rings (SSSR count). The van der Waals surface area contributed by atoms with Crippen molar-refractivity contribution in [3.05, 3.63) is 65.9 Å². The van der Waals surface area contributed by atoms with Crippen LogP contribution >= 0.6 is 0 Å². The third-order valence-electron chi connectivity index (χ3n) is 3.51. The zero-order valence-corrected chi connectivity index (χ0v) is 14.9. The Hall–Kier alpha value is -2.55. The van der Waals surface area contributed by atoms with Crippen LogP contribution in [0.5, 0.6) is 5.75 Å². The molecular weight excluding hydrogens is 340 g/mol. The molecule has 0 heterocycles. The highest BCUT2D eigenvalue weighted by molar-refractivity contribution is 7.84. The Morgan fingerprint density at radius 1 is 1.16 bits per heavy atom. The fourth-order valence-electron chi connectivity index (χ4n) is 2.18. The van der Waals surface area contributed by atoms with Crippen molar-refractivity contribution in [2.45, 2.75) is 19.8 Å². The molecule has 0 amide bonds. The smallest absolute Gasteiger partial charge is 0.380 e. The highest BCUT2D eigenvalue weighted by atomic mass is 32.2. The van der Waals surface area contributed by atoms with Gasteiger partial charge in [0.05, 0.1) is 11.4 Å². The Kier molecular flexibility index (Phi) is 5.68. The summed E-state index contributed by atoms with van der Waals surface area (Å²) in [4.78, 5) is 0. The molecule has 0 saturated heterocycles. The van der Waals surface area contributed by atoms with Crippen molar-refractivity contribution in [3.8, 4) is 5.75 Å². The maximum absolute atomic E-state index is 10.9. The fraction of sp³-hybridized carbons (Fsp3) is 0.176. The van der Waals surface area contributed by atoms with Crippen molar-refractivity contribution in [1.82, 2.24) is 0 Å². The lowest BCUT2D eigenvalue weighted by atomic mass is 10.0. The van der Waals surface area contributed by atoms with E-state index in [1.165, 1.54) is 22.7 Å². The molecule has 0 spiro atoms. The maximum atomic E-state index is 10.9. The average Bonchev–Trinajstić information content (AvgIpc) is 2.54. The molecule has 0 aromatic heterocycles. The SMILES string of the molecule is CC(C)c1cccc(N(N)/C=C(\N)c2ccc(OS(N)(=O)=O)cc2)c1. The third-order valence-corrected chi connectivity index (χ3v) is 3.94. The molecule has 0 atom stereocenters. The lowest BCUT2D eigenvalue weighted by Crippen LogP contribution is -2.25. The van der Waals surface area contributed by atoms with Crippen molar-refractivity contribution in [2.75, 3.05) is 5.01 Å². The van der Waals surface area contributed by atoms with E-state index >= 15 is 0 Å². The van der Waals surface area contributed by atoms with Gasteiger partial charge in [-0.2, -0.15) is 13.6 Å². The van der Waals surface area contributed by atoms with Crippen LogP contribution in [0.4, 0.5) is 5.69 Å². The number of anilines is 1. The van der Waals surface area contributed by atoms with E-state index in [9.17, 15) is 8.42 Å². The normalized spacial score (nSPS) is 12.3. The van der Waals surface area contributed by atoms with Gasteiger partial charge in [0.15, 0.2) is 0 Å². The molecule has 8 heteroatoms. The summed E-state index contributed by atoms with van der Waals surface area (Å²) in [6, 6.07) is 14.0. The Morgan fingerprint density at radius 3 is 2.36 bits per heavy atom. The van der Waals surface area contributed by atoms with Gasteiger partial charge in [-0.25, -0.2) is 5.84 Å². The Morgan fingerprint density at radius 2 is 1.80 bits per heavy atom. The minimum atomic E-state index is -4.05. The van der Waals surface area contributed by atoms with E-state index in [0.717, 1.165) is 5.69 Å². The van der Waals surface area contributed by atoms with Crippen LogP contribution in [-0.4, -0.2) is 8.42 Å². The summed E-state index contributed by atoms with van der Waals surface area (Å²) in [5.41, 5.74) is 9.12. The van der Waals surface area contributed by atoms with Crippen LogP contribution in [0, 0.1) is 0 Å². The van der Waals surface area contributed by atoms with Crippen molar-refractivity contribution in [1.29, 1.82) is 0 Å². The second kappa shape index (κ2) is 7.56. The number of nitrogens with two attached hydrogens (primary N) is 3. The Labute approximate surface area is 147 Å². The average molecular weight is 362 g/mol. The summed E-state index contributed by atoms with van der Waals surface area (Å²) >= 11 is 0. The molecule has 0 saturated carbocycles. The molecule has 0 radical (unpaired) electrons. The van der Waals surface area contributed by atoms with E-state index in [2.05, 4.69) is 18.0 Å². The standard InChI is InChI=1S/C17H22N4O3S/c1-12(2)14-4-3-5-15(10-14)21(19)11-17(18)13-6-8-16(9-7-13)24-25(20,22)23/h3-12H,18-19H2,1-2H3,(H2,20,22,23)/b17-11-. The lowest BCUT2D eigenvalue weighted by Gasteiger charge is -2.17. The van der Waals surface area contributed by atoms with Gasteiger partial charge >= 0.3 is 10.3 Å². The highest BCUT2D eigenvalue weighted by Crippen LogP contribution is 2.22. The van der Waals surface area contributed by atoms with Crippen LogP contribution in [-0.2, 0) is 10.3 Å². The first-order valence-corrected chi connectivity index (χ1v) is 9.06. The second-order valence-electron chi connectivity index (χ2n) is 5.84. The van der Waals surface area contributed by atoms with Crippen LogP contribution in [0.2, 0.25) is 0 Å². The summed E-state index contributed by atoms with van der Waals surface area (Å²) in [5.74, 6) is 6.57. The zero-order valence-electron chi connectivity index (χ0n) is 14.1. The highest BCUT2D eigenvalue weighted by Gasteiger charge is 2.07. The number of hydrogen-bond donors (Lipinski definition) is 3. The molecule has 7 nitrogen and oxygen atoms in total. The van der Waals surface area contributed by atoms with E-state index in [-0.39, 0.29) is 5.75 Å².